The van der Waals surface area contributed by atoms with Gasteiger partial charge >= 0.3 is 12.1 Å². The van der Waals surface area contributed by atoms with Gasteiger partial charge < -0.3 is 24.6 Å². The SMILES string of the molecule is CCOC(=O)C1=CC=C(N2CC3CN(C(=O)OC(C)(C)C)CC3C2)NC1C. The number of likely N-dealkylation sites (tertiary alicyclic amines) is 2. The molecule has 3 aliphatic rings. The predicted molar refractivity (Wildman–Crippen MR) is 102 cm³/mol. The molecule has 0 aliphatic carbocycles. The lowest BCUT2D eigenvalue weighted by Gasteiger charge is -2.31. The van der Waals surface area contributed by atoms with E-state index in [-0.39, 0.29) is 18.1 Å². The minimum atomic E-state index is -0.462. The number of nitrogens with zero attached hydrogens (tertiary/aromatic N) is 2. The molecule has 7 heteroatoms. The Labute approximate surface area is 161 Å². The molecule has 0 bridgehead atoms. The minimum Gasteiger partial charge on any atom is -0.463 e. The Bertz CT molecular complexity index is 651. The van der Waals surface area contributed by atoms with Crippen LogP contribution >= 0.6 is 0 Å². The molecule has 0 saturated carbocycles. The number of carbonyl (C=O) groups excluding carboxylic acids is 2. The maximum absolute atomic E-state index is 12.3. The van der Waals surface area contributed by atoms with Crippen LogP contribution in [0.3, 0.4) is 0 Å². The molecule has 3 atom stereocenters. The number of ether oxygens (including phenoxy) is 2. The van der Waals surface area contributed by atoms with Crippen LogP contribution in [0, 0.1) is 11.8 Å². The highest BCUT2D eigenvalue weighted by Gasteiger charge is 2.43. The van der Waals surface area contributed by atoms with Gasteiger partial charge in [-0.3, -0.25) is 0 Å². The second-order valence-corrected chi connectivity index (χ2v) is 8.57. The summed E-state index contributed by atoms with van der Waals surface area (Å²) < 4.78 is 10.6. The Hall–Kier alpha value is -2.18. The standard InChI is InChI=1S/C20H31N3O4/c1-6-26-18(24)16-7-8-17(21-13(16)2)22-9-14-11-23(12-15(14)10-22)19(25)27-20(3,4)5/h7-8,13-15,21H,6,9-12H2,1-5H3. The molecule has 3 rings (SSSR count). The van der Waals surface area contributed by atoms with Gasteiger partial charge in [0.05, 0.1) is 18.2 Å². The van der Waals surface area contributed by atoms with Crippen molar-refractivity contribution in [2.24, 2.45) is 11.8 Å². The van der Waals surface area contributed by atoms with Crippen LogP contribution in [0.25, 0.3) is 0 Å². The monoisotopic (exact) mass is 377 g/mol. The third kappa shape index (κ3) is 4.39. The number of allylic oxidation sites excluding steroid dienone is 2. The van der Waals surface area contributed by atoms with Crippen LogP contribution in [0.5, 0.6) is 0 Å². The lowest BCUT2D eigenvalue weighted by Crippen LogP contribution is -2.42. The molecule has 3 heterocycles. The summed E-state index contributed by atoms with van der Waals surface area (Å²) in [5.74, 6) is 1.67. The number of hydrogen-bond donors (Lipinski definition) is 1. The summed E-state index contributed by atoms with van der Waals surface area (Å²) in [4.78, 5) is 28.4. The van der Waals surface area contributed by atoms with Crippen molar-refractivity contribution in [3.63, 3.8) is 0 Å². The third-order valence-corrected chi connectivity index (χ3v) is 5.24. The Morgan fingerprint density at radius 1 is 1.15 bits per heavy atom. The summed E-state index contributed by atoms with van der Waals surface area (Å²) >= 11 is 0. The maximum Gasteiger partial charge on any atom is 0.410 e. The van der Waals surface area contributed by atoms with Gasteiger partial charge in [0.25, 0.3) is 0 Å². The molecule has 1 amide bonds. The van der Waals surface area contributed by atoms with Crippen molar-refractivity contribution in [1.29, 1.82) is 0 Å². The first-order valence-corrected chi connectivity index (χ1v) is 9.76. The molecule has 3 unspecified atom stereocenters. The summed E-state index contributed by atoms with van der Waals surface area (Å²) in [6.07, 6.45) is 3.60. The van der Waals surface area contributed by atoms with Crippen LogP contribution < -0.4 is 5.32 Å². The lowest BCUT2D eigenvalue weighted by molar-refractivity contribution is -0.138. The molecule has 2 fully saturated rings. The summed E-state index contributed by atoms with van der Waals surface area (Å²) in [6.45, 7) is 13.1. The van der Waals surface area contributed by atoms with E-state index in [0.29, 0.717) is 24.0 Å². The first kappa shape index (κ1) is 19.6. The van der Waals surface area contributed by atoms with Crippen molar-refractivity contribution in [3.8, 4) is 0 Å². The first-order valence-electron chi connectivity index (χ1n) is 9.76. The van der Waals surface area contributed by atoms with Gasteiger partial charge in [-0.05, 0) is 46.8 Å². The summed E-state index contributed by atoms with van der Waals surface area (Å²) in [5.41, 5.74) is 0.188. The smallest absolute Gasteiger partial charge is 0.410 e. The molecule has 150 valence electrons. The second kappa shape index (κ2) is 7.44. The van der Waals surface area contributed by atoms with Crippen LogP contribution in [0.15, 0.2) is 23.5 Å². The molecule has 0 aromatic heterocycles. The van der Waals surface area contributed by atoms with E-state index >= 15 is 0 Å². The molecule has 0 spiro atoms. The average molecular weight is 377 g/mol. The highest BCUT2D eigenvalue weighted by Crippen LogP contribution is 2.34. The van der Waals surface area contributed by atoms with Gasteiger partial charge in [0.2, 0.25) is 0 Å². The van der Waals surface area contributed by atoms with Crippen LogP contribution in [0.1, 0.15) is 34.6 Å². The molecule has 0 aromatic carbocycles. The van der Waals surface area contributed by atoms with Crippen molar-refractivity contribution in [2.75, 3.05) is 32.8 Å². The largest absolute Gasteiger partial charge is 0.463 e. The van der Waals surface area contributed by atoms with Gasteiger partial charge in [0.1, 0.15) is 11.4 Å². The Kier molecular flexibility index (Phi) is 5.40. The highest BCUT2D eigenvalue weighted by molar-refractivity contribution is 5.90. The molecule has 27 heavy (non-hydrogen) atoms. The van der Waals surface area contributed by atoms with Crippen molar-refractivity contribution in [3.05, 3.63) is 23.5 Å². The number of esters is 1. The number of amides is 1. The highest BCUT2D eigenvalue weighted by atomic mass is 16.6. The van der Waals surface area contributed by atoms with E-state index in [1.165, 1.54) is 0 Å². The van der Waals surface area contributed by atoms with E-state index in [1.807, 2.05) is 51.7 Å². The summed E-state index contributed by atoms with van der Waals surface area (Å²) in [7, 11) is 0. The van der Waals surface area contributed by atoms with E-state index in [4.69, 9.17) is 9.47 Å². The fraction of sp³-hybridized carbons (Fsp3) is 0.700. The summed E-state index contributed by atoms with van der Waals surface area (Å²) in [5, 5.41) is 3.41. The van der Waals surface area contributed by atoms with Gasteiger partial charge in [-0.2, -0.15) is 0 Å². The van der Waals surface area contributed by atoms with Crippen molar-refractivity contribution in [2.45, 2.75) is 46.3 Å². The molecule has 0 aromatic rings. The quantitative estimate of drug-likeness (QED) is 0.760. The molecule has 3 aliphatic heterocycles. The maximum atomic E-state index is 12.3. The molecule has 2 saturated heterocycles. The van der Waals surface area contributed by atoms with Crippen LogP contribution in [-0.2, 0) is 14.3 Å². The van der Waals surface area contributed by atoms with Crippen LogP contribution in [0.2, 0.25) is 0 Å². The molecule has 1 N–H and O–H groups in total. The van der Waals surface area contributed by atoms with E-state index in [1.54, 1.807) is 0 Å². The topological polar surface area (TPSA) is 71.1 Å². The van der Waals surface area contributed by atoms with Gasteiger partial charge in [0.15, 0.2) is 0 Å². The Balaban J connectivity index is 1.58. The van der Waals surface area contributed by atoms with E-state index < -0.39 is 5.60 Å². The lowest BCUT2D eigenvalue weighted by atomic mass is 10.0. The van der Waals surface area contributed by atoms with E-state index in [0.717, 1.165) is 32.0 Å². The zero-order chi connectivity index (χ0) is 19.8. The fourth-order valence-corrected chi connectivity index (χ4v) is 3.98. The number of hydrogen-bond acceptors (Lipinski definition) is 6. The minimum absolute atomic E-state index is 0.0808. The van der Waals surface area contributed by atoms with Gasteiger partial charge in [-0.1, -0.05) is 0 Å². The third-order valence-electron chi connectivity index (χ3n) is 5.24. The Morgan fingerprint density at radius 3 is 2.30 bits per heavy atom. The van der Waals surface area contributed by atoms with Gasteiger partial charge in [-0.25, -0.2) is 9.59 Å². The van der Waals surface area contributed by atoms with Crippen LogP contribution in [-0.4, -0.2) is 66.3 Å². The number of nitrogens with one attached hydrogen (secondary N) is 1. The number of dihydropyridines is 1. The van der Waals surface area contributed by atoms with Crippen molar-refractivity contribution in [1.82, 2.24) is 15.1 Å². The van der Waals surface area contributed by atoms with Gasteiger partial charge in [-0.15, -0.1) is 0 Å². The van der Waals surface area contributed by atoms with Crippen molar-refractivity contribution >= 4 is 12.1 Å². The number of rotatable bonds is 3. The molecule has 7 nitrogen and oxygen atoms in total. The van der Waals surface area contributed by atoms with Crippen molar-refractivity contribution < 1.29 is 19.1 Å². The number of fused-ring (bicyclic) bond motifs is 1. The Morgan fingerprint density at radius 2 is 1.78 bits per heavy atom. The average Bonchev–Trinajstić information content (AvgIpc) is 3.12. The van der Waals surface area contributed by atoms with E-state index in [9.17, 15) is 9.59 Å². The zero-order valence-corrected chi connectivity index (χ0v) is 16.9. The predicted octanol–water partition coefficient (Wildman–Crippen LogP) is 2.11. The van der Waals surface area contributed by atoms with E-state index in [2.05, 4.69) is 10.2 Å². The zero-order valence-electron chi connectivity index (χ0n) is 16.9. The van der Waals surface area contributed by atoms with Gasteiger partial charge in [0, 0.05) is 38.0 Å². The summed E-state index contributed by atoms with van der Waals surface area (Å²) in [6, 6.07) is -0.0808. The fourth-order valence-electron chi connectivity index (χ4n) is 3.98. The first-order chi connectivity index (χ1) is 12.7. The second-order valence-electron chi connectivity index (χ2n) is 8.57. The normalized spacial score (nSPS) is 27.5. The number of carbonyl (C=O) groups is 2. The molecular weight excluding hydrogens is 346 g/mol. The molecule has 0 radical (unpaired) electrons. The van der Waals surface area contributed by atoms with Crippen LogP contribution in [0.4, 0.5) is 4.79 Å². The molecular formula is C20H31N3O4.